The van der Waals surface area contributed by atoms with E-state index in [0.29, 0.717) is 6.54 Å². The molecule has 0 fully saturated rings. The van der Waals surface area contributed by atoms with Gasteiger partial charge in [-0.15, -0.1) is 11.3 Å². The largest absolute Gasteiger partial charge is 0.468 e. The van der Waals surface area contributed by atoms with Crippen molar-refractivity contribution in [2.24, 2.45) is 0 Å². The average molecular weight is 280 g/mol. The number of carbonyl (C=O) groups is 1. The maximum Gasteiger partial charge on any atom is 0.319 e. The minimum atomic E-state index is -0.246. The fourth-order valence-corrected chi connectivity index (χ4v) is 2.35. The Labute approximate surface area is 115 Å². The van der Waals surface area contributed by atoms with E-state index in [1.807, 2.05) is 35.4 Å². The molecule has 0 radical (unpaired) electrons. The van der Waals surface area contributed by atoms with Gasteiger partial charge in [0.25, 0.3) is 0 Å². The Kier molecular flexibility index (Phi) is 4.70. The number of rotatable bonds is 6. The summed E-state index contributed by atoms with van der Waals surface area (Å²) in [6.07, 6.45) is 0. The van der Waals surface area contributed by atoms with Gasteiger partial charge in [0.2, 0.25) is 0 Å². The Bertz CT molecular complexity index is 522. The van der Waals surface area contributed by atoms with Crippen LogP contribution in [0.3, 0.4) is 0 Å². The Morgan fingerprint density at radius 1 is 1.58 bits per heavy atom. The van der Waals surface area contributed by atoms with Crippen molar-refractivity contribution >= 4 is 17.3 Å². The van der Waals surface area contributed by atoms with E-state index in [0.717, 1.165) is 22.9 Å². The number of carbonyl (C=O) groups excluding carboxylic acids is 1. The van der Waals surface area contributed by atoms with E-state index >= 15 is 0 Å². The number of hydrogen-bond acceptors (Lipinski definition) is 6. The summed E-state index contributed by atoms with van der Waals surface area (Å²) in [6, 6.07) is 5.87. The van der Waals surface area contributed by atoms with Gasteiger partial charge in [0, 0.05) is 12.6 Å². The molecule has 0 atom stereocenters. The number of likely N-dealkylation sites (N-methyl/N-ethyl adjacent to an activating group) is 1. The lowest BCUT2D eigenvalue weighted by Gasteiger charge is -2.16. The second kappa shape index (κ2) is 6.49. The summed E-state index contributed by atoms with van der Waals surface area (Å²) in [5, 5.41) is 6.02. The minimum Gasteiger partial charge on any atom is -0.468 e. The van der Waals surface area contributed by atoms with Crippen LogP contribution < -0.4 is 0 Å². The maximum atomic E-state index is 11.3. The zero-order chi connectivity index (χ0) is 13.7. The van der Waals surface area contributed by atoms with E-state index in [2.05, 4.69) is 9.89 Å². The molecule has 19 heavy (non-hydrogen) atoms. The van der Waals surface area contributed by atoms with Crippen LogP contribution in [0.5, 0.6) is 0 Å². The molecule has 0 saturated carbocycles. The molecular formula is C13H16N2O3S. The predicted molar refractivity (Wildman–Crippen MR) is 72.8 cm³/mol. The molecule has 0 aliphatic heterocycles. The summed E-state index contributed by atoms with van der Waals surface area (Å²) in [4.78, 5) is 14.3. The summed E-state index contributed by atoms with van der Waals surface area (Å²) in [7, 11) is 1.39. The highest BCUT2D eigenvalue weighted by molar-refractivity contribution is 7.13. The van der Waals surface area contributed by atoms with Gasteiger partial charge in [-0.25, -0.2) is 0 Å². The van der Waals surface area contributed by atoms with E-state index in [9.17, 15) is 4.79 Å². The first kappa shape index (κ1) is 13.8. The number of methoxy groups -OCH3 is 1. The summed E-state index contributed by atoms with van der Waals surface area (Å²) < 4.78 is 9.96. The van der Waals surface area contributed by atoms with Crippen LogP contribution in [0, 0.1) is 0 Å². The van der Waals surface area contributed by atoms with Crippen molar-refractivity contribution in [1.29, 1.82) is 0 Å². The number of thiophene rings is 1. The number of esters is 1. The van der Waals surface area contributed by atoms with E-state index in [1.165, 1.54) is 7.11 Å². The Balaban J connectivity index is 2.00. The lowest BCUT2D eigenvalue weighted by molar-refractivity contribution is -0.142. The quantitative estimate of drug-likeness (QED) is 0.760. The van der Waals surface area contributed by atoms with Crippen LogP contribution in [0.25, 0.3) is 10.6 Å². The van der Waals surface area contributed by atoms with Gasteiger partial charge < -0.3 is 9.26 Å². The van der Waals surface area contributed by atoms with Crippen molar-refractivity contribution in [3.05, 3.63) is 29.3 Å². The van der Waals surface area contributed by atoms with Gasteiger partial charge in [0.05, 0.1) is 24.2 Å². The van der Waals surface area contributed by atoms with Crippen molar-refractivity contribution in [2.45, 2.75) is 13.5 Å². The third-order valence-corrected chi connectivity index (χ3v) is 3.62. The van der Waals surface area contributed by atoms with Crippen LogP contribution in [0.15, 0.2) is 28.1 Å². The first-order chi connectivity index (χ1) is 9.22. The molecule has 0 bridgehead atoms. The average Bonchev–Trinajstić information content (AvgIpc) is 3.08. The molecule has 0 aromatic carbocycles. The molecular weight excluding hydrogens is 264 g/mol. The maximum absolute atomic E-state index is 11.3. The second-order valence-corrected chi connectivity index (χ2v) is 4.99. The molecule has 2 aromatic heterocycles. The van der Waals surface area contributed by atoms with Gasteiger partial charge in [0.1, 0.15) is 0 Å². The fraction of sp³-hybridized carbons (Fsp3) is 0.385. The summed E-state index contributed by atoms with van der Waals surface area (Å²) in [5.74, 6) is 0.517. The third-order valence-electron chi connectivity index (χ3n) is 2.74. The second-order valence-electron chi connectivity index (χ2n) is 4.04. The zero-order valence-electron chi connectivity index (χ0n) is 11.0. The van der Waals surface area contributed by atoms with Crippen LogP contribution >= 0.6 is 11.3 Å². The first-order valence-electron chi connectivity index (χ1n) is 6.01. The first-order valence-corrected chi connectivity index (χ1v) is 6.89. The highest BCUT2D eigenvalue weighted by atomic mass is 32.1. The standard InChI is InChI=1S/C13H16N2O3S/c1-3-15(9-13(16)17-2)8-10-7-11(18-14-10)12-5-4-6-19-12/h4-7H,3,8-9H2,1-2H3. The number of aromatic nitrogens is 1. The predicted octanol–water partition coefficient (Wildman–Crippen LogP) is 2.40. The van der Waals surface area contributed by atoms with Crippen LogP contribution in [-0.2, 0) is 16.1 Å². The van der Waals surface area contributed by atoms with Crippen molar-refractivity contribution < 1.29 is 14.1 Å². The molecule has 0 spiro atoms. The summed E-state index contributed by atoms with van der Waals surface area (Å²) >= 11 is 1.61. The van der Waals surface area contributed by atoms with Crippen LogP contribution in [0.2, 0.25) is 0 Å². The van der Waals surface area contributed by atoms with Gasteiger partial charge in [-0.3, -0.25) is 9.69 Å². The molecule has 2 aromatic rings. The normalized spacial score (nSPS) is 10.9. The molecule has 6 heteroatoms. The molecule has 0 N–H and O–H groups in total. The van der Waals surface area contributed by atoms with Crippen molar-refractivity contribution in [2.75, 3.05) is 20.2 Å². The van der Waals surface area contributed by atoms with E-state index in [-0.39, 0.29) is 12.5 Å². The molecule has 0 aliphatic rings. The molecule has 0 aliphatic carbocycles. The highest BCUT2D eigenvalue weighted by Crippen LogP contribution is 2.25. The monoisotopic (exact) mass is 280 g/mol. The highest BCUT2D eigenvalue weighted by Gasteiger charge is 2.13. The van der Waals surface area contributed by atoms with Crippen LogP contribution in [-0.4, -0.2) is 36.2 Å². The SMILES string of the molecule is CCN(CC(=O)OC)Cc1cc(-c2cccs2)on1. The topological polar surface area (TPSA) is 55.6 Å². The Morgan fingerprint density at radius 2 is 2.42 bits per heavy atom. The van der Waals surface area contributed by atoms with Crippen molar-refractivity contribution in [1.82, 2.24) is 10.1 Å². The lowest BCUT2D eigenvalue weighted by atomic mass is 10.3. The number of hydrogen-bond donors (Lipinski definition) is 0. The lowest BCUT2D eigenvalue weighted by Crippen LogP contribution is -2.30. The van der Waals surface area contributed by atoms with E-state index in [4.69, 9.17) is 4.52 Å². The molecule has 0 amide bonds. The van der Waals surface area contributed by atoms with Gasteiger partial charge in [0.15, 0.2) is 5.76 Å². The smallest absolute Gasteiger partial charge is 0.319 e. The van der Waals surface area contributed by atoms with Crippen LogP contribution in [0.1, 0.15) is 12.6 Å². The molecule has 2 rings (SSSR count). The zero-order valence-corrected chi connectivity index (χ0v) is 11.8. The molecule has 0 saturated heterocycles. The van der Waals surface area contributed by atoms with Gasteiger partial charge in [-0.05, 0) is 18.0 Å². The van der Waals surface area contributed by atoms with Crippen molar-refractivity contribution in [3.63, 3.8) is 0 Å². The Hall–Kier alpha value is -1.66. The fourth-order valence-electron chi connectivity index (χ4n) is 1.68. The molecule has 5 nitrogen and oxygen atoms in total. The molecule has 102 valence electrons. The third kappa shape index (κ3) is 3.65. The van der Waals surface area contributed by atoms with E-state index in [1.54, 1.807) is 11.3 Å². The van der Waals surface area contributed by atoms with Crippen LogP contribution in [0.4, 0.5) is 0 Å². The summed E-state index contributed by atoms with van der Waals surface area (Å²) in [6.45, 7) is 3.56. The molecule has 2 heterocycles. The number of nitrogens with zero attached hydrogens (tertiary/aromatic N) is 2. The molecule has 0 unspecified atom stereocenters. The van der Waals surface area contributed by atoms with E-state index < -0.39 is 0 Å². The number of ether oxygens (including phenoxy) is 1. The minimum absolute atomic E-state index is 0.246. The Morgan fingerprint density at radius 3 is 3.05 bits per heavy atom. The van der Waals surface area contributed by atoms with Gasteiger partial charge in [-0.2, -0.15) is 0 Å². The van der Waals surface area contributed by atoms with Gasteiger partial charge in [-0.1, -0.05) is 18.1 Å². The van der Waals surface area contributed by atoms with Gasteiger partial charge >= 0.3 is 5.97 Å². The summed E-state index contributed by atoms with van der Waals surface area (Å²) in [5.41, 5.74) is 0.814. The van der Waals surface area contributed by atoms with Crippen molar-refractivity contribution in [3.8, 4) is 10.6 Å².